The molecule has 1 rings (SSSR count). The third-order valence-corrected chi connectivity index (χ3v) is 7.41. The van der Waals surface area contributed by atoms with E-state index in [1.54, 1.807) is 25.1 Å². The van der Waals surface area contributed by atoms with Gasteiger partial charge in [-0.25, -0.2) is 4.98 Å². The van der Waals surface area contributed by atoms with Crippen LogP contribution in [0, 0.1) is 11.8 Å². The molecule has 1 heterocycles. The molecular formula is C17H22Cl6N2O2S. The minimum absolute atomic E-state index is 0.287. The smallest absolute Gasteiger partial charge is 0.250 e. The Bertz CT molecular complexity index is 658. The number of aromatic nitrogens is 1. The number of rotatable bonds is 8. The maximum absolute atomic E-state index is 12.9. The monoisotopic (exact) mass is 528 g/mol. The second kappa shape index (κ2) is 11.1. The first-order chi connectivity index (χ1) is 12.8. The van der Waals surface area contributed by atoms with Crippen molar-refractivity contribution in [3.63, 3.8) is 0 Å². The molecule has 0 saturated heterocycles. The third kappa shape index (κ3) is 8.25. The van der Waals surface area contributed by atoms with Crippen LogP contribution >= 0.6 is 80.9 Å². The molecule has 0 aromatic carbocycles. The number of carbonyl (C=O) groups excluding carboxylic acids is 1. The van der Waals surface area contributed by atoms with E-state index in [0.29, 0.717) is 18.6 Å². The van der Waals surface area contributed by atoms with Crippen molar-refractivity contribution in [2.45, 2.75) is 40.3 Å². The Morgan fingerprint density at radius 1 is 1.21 bits per heavy atom. The molecule has 0 N–H and O–H groups in total. The van der Waals surface area contributed by atoms with E-state index in [2.05, 4.69) is 4.98 Å². The van der Waals surface area contributed by atoms with Gasteiger partial charge in [-0.2, -0.15) is 0 Å². The Labute approximate surface area is 200 Å². The van der Waals surface area contributed by atoms with Crippen LogP contribution in [-0.4, -0.2) is 37.5 Å². The Morgan fingerprint density at radius 3 is 2.21 bits per heavy atom. The lowest BCUT2D eigenvalue weighted by Gasteiger charge is -2.30. The van der Waals surface area contributed by atoms with Gasteiger partial charge in [0.05, 0.1) is 13.2 Å². The van der Waals surface area contributed by atoms with Gasteiger partial charge in [0.15, 0.2) is 7.59 Å². The molecule has 0 bridgehead atoms. The lowest BCUT2D eigenvalue weighted by Crippen LogP contribution is -2.33. The van der Waals surface area contributed by atoms with E-state index in [0.717, 1.165) is 5.01 Å². The van der Waals surface area contributed by atoms with E-state index in [1.807, 2.05) is 12.3 Å². The van der Waals surface area contributed by atoms with Gasteiger partial charge in [0.25, 0.3) is 0 Å². The molecule has 0 fully saturated rings. The highest BCUT2D eigenvalue weighted by atomic mass is 35.6. The van der Waals surface area contributed by atoms with Crippen LogP contribution in [0.25, 0.3) is 0 Å². The Kier molecular flexibility index (Phi) is 10.5. The summed E-state index contributed by atoms with van der Waals surface area (Å²) in [5, 5.41) is 2.58. The highest BCUT2D eigenvalue weighted by molar-refractivity contribution is 7.09. The predicted molar refractivity (Wildman–Crippen MR) is 121 cm³/mol. The number of ether oxygens (including phenoxy) is 1. The summed E-state index contributed by atoms with van der Waals surface area (Å²) in [6.45, 7) is 3.57. The largest absolute Gasteiger partial charge is 0.501 e. The molecule has 3 atom stereocenters. The van der Waals surface area contributed by atoms with Crippen molar-refractivity contribution in [2.75, 3.05) is 14.2 Å². The van der Waals surface area contributed by atoms with Gasteiger partial charge < -0.3 is 9.64 Å². The number of amides is 1. The van der Waals surface area contributed by atoms with Gasteiger partial charge in [0, 0.05) is 43.0 Å². The van der Waals surface area contributed by atoms with Gasteiger partial charge in [-0.15, -0.1) is 11.3 Å². The average molecular weight is 531 g/mol. The molecule has 0 aliphatic rings. The zero-order chi connectivity index (χ0) is 21.7. The van der Waals surface area contributed by atoms with Gasteiger partial charge >= 0.3 is 0 Å². The Morgan fingerprint density at radius 2 is 1.79 bits per heavy atom. The third-order valence-electron chi connectivity index (χ3n) is 4.30. The number of alkyl halides is 6. The van der Waals surface area contributed by atoms with Gasteiger partial charge in [0.2, 0.25) is 5.91 Å². The molecule has 0 aliphatic heterocycles. The first kappa shape index (κ1) is 26.4. The molecule has 3 unspecified atom stereocenters. The fraction of sp³-hybridized carbons (Fsp3) is 0.647. The van der Waals surface area contributed by atoms with Crippen molar-refractivity contribution in [1.82, 2.24) is 9.88 Å². The van der Waals surface area contributed by atoms with E-state index < -0.39 is 7.59 Å². The second-order valence-corrected chi connectivity index (χ2v) is 12.1. The first-order valence-electron chi connectivity index (χ1n) is 8.31. The Balaban J connectivity index is 3.03. The lowest BCUT2D eigenvalue weighted by atomic mass is 10.0. The van der Waals surface area contributed by atoms with Crippen LogP contribution in [0.1, 0.15) is 37.7 Å². The summed E-state index contributed by atoms with van der Waals surface area (Å²) in [5.74, 6) is -0.536. The van der Waals surface area contributed by atoms with Gasteiger partial charge in [-0.3, -0.25) is 4.79 Å². The molecule has 0 aliphatic carbocycles. The zero-order valence-electron chi connectivity index (χ0n) is 15.8. The summed E-state index contributed by atoms with van der Waals surface area (Å²) in [4.78, 5) is 18.7. The van der Waals surface area contributed by atoms with Crippen LogP contribution in [0.5, 0.6) is 0 Å². The summed E-state index contributed by atoms with van der Waals surface area (Å²) >= 11 is 37.2. The van der Waals surface area contributed by atoms with Crippen LogP contribution in [0.15, 0.2) is 23.4 Å². The number of methoxy groups -OCH3 is 1. The van der Waals surface area contributed by atoms with E-state index >= 15 is 0 Å². The predicted octanol–water partition coefficient (Wildman–Crippen LogP) is 6.97. The van der Waals surface area contributed by atoms with E-state index in [9.17, 15) is 4.79 Å². The van der Waals surface area contributed by atoms with Crippen molar-refractivity contribution in [2.24, 2.45) is 11.8 Å². The number of allylic oxidation sites excluding steroid dienone is 1. The number of carbonyl (C=O) groups is 1. The lowest BCUT2D eigenvalue weighted by molar-refractivity contribution is -0.127. The molecule has 4 nitrogen and oxygen atoms in total. The summed E-state index contributed by atoms with van der Waals surface area (Å²) in [6, 6.07) is -0.363. The fourth-order valence-electron chi connectivity index (χ4n) is 2.30. The molecule has 0 spiro atoms. The molecule has 11 heteroatoms. The minimum Gasteiger partial charge on any atom is -0.501 e. The summed E-state index contributed by atoms with van der Waals surface area (Å²) < 4.78 is 2.39. The highest BCUT2D eigenvalue weighted by Crippen LogP contribution is 2.41. The quantitative estimate of drug-likeness (QED) is 0.207. The topological polar surface area (TPSA) is 42.4 Å². The van der Waals surface area contributed by atoms with Crippen molar-refractivity contribution in [3.05, 3.63) is 28.4 Å². The zero-order valence-corrected chi connectivity index (χ0v) is 21.1. The standard InChI is InChI=1S/C17H22Cl6N2O2S/c1-10(16(18,19)20)7-12(27-4)9-14(26)25(3)13(15-24-5-6-28-15)8-11(2)17(21,22)23/h5-6,9-11,13H,7-8H2,1-4H3/b12-9+. The molecule has 1 aromatic rings. The number of halogens is 6. The van der Waals surface area contributed by atoms with Crippen LogP contribution < -0.4 is 0 Å². The maximum atomic E-state index is 12.9. The molecular weight excluding hydrogens is 509 g/mol. The molecule has 28 heavy (non-hydrogen) atoms. The Hall–Kier alpha value is 0.380. The van der Waals surface area contributed by atoms with E-state index in [1.165, 1.54) is 24.5 Å². The SMILES string of the molecule is CO/C(=C/C(=O)N(C)C(CC(C)C(Cl)(Cl)Cl)c1nccs1)CC(C)C(Cl)(Cl)Cl. The minimum atomic E-state index is -1.46. The van der Waals surface area contributed by atoms with Crippen LogP contribution in [0.4, 0.5) is 0 Å². The number of hydrogen-bond acceptors (Lipinski definition) is 4. The fourth-order valence-corrected chi connectivity index (χ4v) is 3.60. The summed E-state index contributed by atoms with van der Waals surface area (Å²) in [6.07, 6.45) is 3.77. The second-order valence-electron chi connectivity index (χ2n) is 6.48. The van der Waals surface area contributed by atoms with E-state index in [-0.39, 0.29) is 23.8 Å². The number of likely N-dealkylation sites (N-methyl/N-ethyl adjacent to an activating group) is 1. The van der Waals surface area contributed by atoms with E-state index in [4.69, 9.17) is 74.3 Å². The normalized spacial score (nSPS) is 16.4. The summed E-state index contributed by atoms with van der Waals surface area (Å²) in [5.41, 5.74) is 0. The molecule has 160 valence electrons. The highest BCUT2D eigenvalue weighted by Gasteiger charge is 2.35. The maximum Gasteiger partial charge on any atom is 0.250 e. The van der Waals surface area contributed by atoms with Crippen LogP contribution in [0.3, 0.4) is 0 Å². The van der Waals surface area contributed by atoms with Crippen molar-refractivity contribution < 1.29 is 9.53 Å². The van der Waals surface area contributed by atoms with Gasteiger partial charge in [0.1, 0.15) is 10.8 Å². The van der Waals surface area contributed by atoms with Crippen LogP contribution in [0.2, 0.25) is 0 Å². The van der Waals surface area contributed by atoms with Crippen molar-refractivity contribution in [1.29, 1.82) is 0 Å². The average Bonchev–Trinajstić information content (AvgIpc) is 3.10. The summed E-state index contributed by atoms with van der Waals surface area (Å²) in [7, 11) is 3.13. The molecule has 1 aromatic heterocycles. The molecule has 1 amide bonds. The molecule has 0 saturated carbocycles. The van der Waals surface area contributed by atoms with Gasteiger partial charge in [-0.1, -0.05) is 83.5 Å². The number of thiazole rings is 1. The molecule has 0 radical (unpaired) electrons. The first-order valence-corrected chi connectivity index (χ1v) is 11.5. The van der Waals surface area contributed by atoms with Crippen LogP contribution in [-0.2, 0) is 9.53 Å². The van der Waals surface area contributed by atoms with Crippen molar-refractivity contribution in [3.8, 4) is 0 Å². The van der Waals surface area contributed by atoms with Crippen molar-refractivity contribution >= 4 is 86.8 Å². The number of hydrogen-bond donors (Lipinski definition) is 0. The number of nitrogens with zero attached hydrogens (tertiary/aromatic N) is 2. The van der Waals surface area contributed by atoms with Gasteiger partial charge in [-0.05, 0) is 6.42 Å².